The molecule has 0 aromatic heterocycles. The Balaban J connectivity index is 2.26. The van der Waals surface area contributed by atoms with Crippen LogP contribution in [0.15, 0.2) is 0 Å². The summed E-state index contributed by atoms with van der Waals surface area (Å²) in [6, 6.07) is 0.0609. The number of rotatable bonds is 8. The minimum atomic E-state index is -0.252. The quantitative estimate of drug-likeness (QED) is 0.683. The van der Waals surface area contributed by atoms with Crippen LogP contribution in [0.3, 0.4) is 0 Å². The molecule has 0 aromatic carbocycles. The van der Waals surface area contributed by atoms with E-state index in [2.05, 4.69) is 10.2 Å². The van der Waals surface area contributed by atoms with E-state index in [0.717, 1.165) is 45.5 Å². The first kappa shape index (κ1) is 16.4. The summed E-state index contributed by atoms with van der Waals surface area (Å²) in [4.78, 5) is 13.8. The molecule has 1 unspecified atom stereocenters. The SMILES string of the molecule is CCOC1CCN(CCC(NC(C)C)C(N)=O)CC1. The third-order valence-electron chi connectivity index (χ3n) is 3.55. The number of carbonyl (C=O) groups is 1. The number of piperidine rings is 1. The van der Waals surface area contributed by atoms with Crippen molar-refractivity contribution < 1.29 is 9.53 Å². The number of nitrogens with zero attached hydrogens (tertiary/aromatic N) is 1. The highest BCUT2D eigenvalue weighted by molar-refractivity contribution is 5.79. The molecule has 0 radical (unpaired) electrons. The molecule has 0 aliphatic carbocycles. The summed E-state index contributed by atoms with van der Waals surface area (Å²) >= 11 is 0. The van der Waals surface area contributed by atoms with Gasteiger partial charge in [-0.25, -0.2) is 0 Å². The van der Waals surface area contributed by atoms with E-state index in [9.17, 15) is 4.79 Å². The van der Waals surface area contributed by atoms with Crippen molar-refractivity contribution in [3.8, 4) is 0 Å². The van der Waals surface area contributed by atoms with E-state index in [1.165, 1.54) is 0 Å². The van der Waals surface area contributed by atoms with E-state index in [0.29, 0.717) is 6.10 Å². The molecule has 1 heterocycles. The Labute approximate surface area is 116 Å². The molecule has 0 saturated carbocycles. The van der Waals surface area contributed by atoms with Crippen LogP contribution < -0.4 is 11.1 Å². The van der Waals surface area contributed by atoms with Crippen molar-refractivity contribution in [3.63, 3.8) is 0 Å². The van der Waals surface area contributed by atoms with E-state index in [4.69, 9.17) is 10.5 Å². The Morgan fingerprint density at radius 2 is 2.05 bits per heavy atom. The van der Waals surface area contributed by atoms with Crippen LogP contribution in [0.2, 0.25) is 0 Å². The molecule has 3 N–H and O–H groups in total. The van der Waals surface area contributed by atoms with E-state index in [1.807, 2.05) is 20.8 Å². The van der Waals surface area contributed by atoms with Crippen LogP contribution in [0.5, 0.6) is 0 Å². The molecule has 1 saturated heterocycles. The minimum absolute atomic E-state index is 0.218. The molecular formula is C14H29N3O2. The first-order chi connectivity index (χ1) is 9.02. The van der Waals surface area contributed by atoms with Crippen LogP contribution in [0.1, 0.15) is 40.0 Å². The molecular weight excluding hydrogens is 242 g/mol. The van der Waals surface area contributed by atoms with Gasteiger partial charge in [0.1, 0.15) is 0 Å². The predicted molar refractivity (Wildman–Crippen MR) is 77.0 cm³/mol. The maximum absolute atomic E-state index is 11.4. The molecule has 1 aliphatic heterocycles. The average molecular weight is 271 g/mol. The van der Waals surface area contributed by atoms with Gasteiger partial charge in [0, 0.05) is 32.3 Å². The van der Waals surface area contributed by atoms with Crippen LogP contribution in [0.25, 0.3) is 0 Å². The molecule has 19 heavy (non-hydrogen) atoms. The maximum Gasteiger partial charge on any atom is 0.234 e. The summed E-state index contributed by atoms with van der Waals surface area (Å²) in [5, 5.41) is 3.22. The molecule has 1 aliphatic rings. The lowest BCUT2D eigenvalue weighted by molar-refractivity contribution is -0.120. The van der Waals surface area contributed by atoms with Crippen LogP contribution in [0.4, 0.5) is 0 Å². The number of amides is 1. The topological polar surface area (TPSA) is 67.6 Å². The third-order valence-corrected chi connectivity index (χ3v) is 3.55. The van der Waals surface area contributed by atoms with Gasteiger partial charge in [-0.2, -0.15) is 0 Å². The second kappa shape index (κ2) is 8.51. The fourth-order valence-corrected chi connectivity index (χ4v) is 2.56. The first-order valence-corrected chi connectivity index (χ1v) is 7.42. The van der Waals surface area contributed by atoms with Gasteiger partial charge in [0.15, 0.2) is 0 Å². The molecule has 0 spiro atoms. The summed E-state index contributed by atoms with van der Waals surface area (Å²) in [5.41, 5.74) is 5.42. The number of carbonyl (C=O) groups excluding carboxylic acids is 1. The fraction of sp³-hybridized carbons (Fsp3) is 0.929. The number of ether oxygens (including phenoxy) is 1. The van der Waals surface area contributed by atoms with E-state index >= 15 is 0 Å². The van der Waals surface area contributed by atoms with Gasteiger partial charge in [-0.15, -0.1) is 0 Å². The fourth-order valence-electron chi connectivity index (χ4n) is 2.56. The standard InChI is InChI=1S/C14H29N3O2/c1-4-19-12-5-8-17(9-6-12)10-7-13(14(15)18)16-11(2)3/h11-13,16H,4-10H2,1-3H3,(H2,15,18). The zero-order valence-corrected chi connectivity index (χ0v) is 12.5. The van der Waals surface area contributed by atoms with E-state index in [1.54, 1.807) is 0 Å². The zero-order valence-electron chi connectivity index (χ0n) is 12.5. The van der Waals surface area contributed by atoms with Gasteiger partial charge in [-0.1, -0.05) is 13.8 Å². The van der Waals surface area contributed by atoms with Crippen molar-refractivity contribution in [2.24, 2.45) is 5.73 Å². The van der Waals surface area contributed by atoms with Crippen LogP contribution in [0, 0.1) is 0 Å². The van der Waals surface area contributed by atoms with Crippen molar-refractivity contribution in [1.82, 2.24) is 10.2 Å². The van der Waals surface area contributed by atoms with E-state index in [-0.39, 0.29) is 18.0 Å². The smallest absolute Gasteiger partial charge is 0.234 e. The molecule has 5 nitrogen and oxygen atoms in total. The second-order valence-corrected chi connectivity index (χ2v) is 5.56. The molecule has 1 rings (SSSR count). The van der Waals surface area contributed by atoms with E-state index < -0.39 is 0 Å². The highest BCUT2D eigenvalue weighted by Crippen LogP contribution is 2.14. The molecule has 1 fully saturated rings. The zero-order chi connectivity index (χ0) is 14.3. The molecule has 0 bridgehead atoms. The number of hydrogen-bond acceptors (Lipinski definition) is 4. The lowest BCUT2D eigenvalue weighted by atomic mass is 10.1. The van der Waals surface area contributed by atoms with Gasteiger partial charge in [-0.3, -0.25) is 4.79 Å². The number of hydrogen-bond donors (Lipinski definition) is 2. The molecule has 1 amide bonds. The van der Waals surface area contributed by atoms with Gasteiger partial charge in [0.2, 0.25) is 5.91 Å². The van der Waals surface area contributed by atoms with Crippen LogP contribution >= 0.6 is 0 Å². The third kappa shape index (κ3) is 6.36. The van der Waals surface area contributed by atoms with Gasteiger partial charge in [0.05, 0.1) is 12.1 Å². The summed E-state index contributed by atoms with van der Waals surface area (Å²) in [6.07, 6.45) is 3.38. The highest BCUT2D eigenvalue weighted by atomic mass is 16.5. The summed E-state index contributed by atoms with van der Waals surface area (Å²) in [5.74, 6) is -0.252. The van der Waals surface area contributed by atoms with Gasteiger partial charge >= 0.3 is 0 Å². The molecule has 5 heteroatoms. The lowest BCUT2D eigenvalue weighted by Gasteiger charge is -2.32. The Kier molecular flexibility index (Phi) is 7.34. The van der Waals surface area contributed by atoms with Gasteiger partial charge in [-0.05, 0) is 26.2 Å². The van der Waals surface area contributed by atoms with Crippen molar-refractivity contribution in [2.45, 2.75) is 58.2 Å². The average Bonchev–Trinajstić information content (AvgIpc) is 2.36. The summed E-state index contributed by atoms with van der Waals surface area (Å²) in [7, 11) is 0. The monoisotopic (exact) mass is 271 g/mol. The Bertz CT molecular complexity index is 263. The largest absolute Gasteiger partial charge is 0.378 e. The number of primary amides is 1. The second-order valence-electron chi connectivity index (χ2n) is 5.56. The first-order valence-electron chi connectivity index (χ1n) is 7.42. The molecule has 1 atom stereocenters. The van der Waals surface area contributed by atoms with Crippen molar-refractivity contribution in [3.05, 3.63) is 0 Å². The summed E-state index contributed by atoms with van der Waals surface area (Å²) in [6.45, 7) is 9.93. The lowest BCUT2D eigenvalue weighted by Crippen LogP contribution is -2.47. The molecule has 0 aromatic rings. The van der Waals surface area contributed by atoms with Gasteiger partial charge in [0.25, 0.3) is 0 Å². The van der Waals surface area contributed by atoms with Crippen LogP contribution in [-0.2, 0) is 9.53 Å². The number of nitrogens with one attached hydrogen (secondary N) is 1. The van der Waals surface area contributed by atoms with Gasteiger partial charge < -0.3 is 20.7 Å². The summed E-state index contributed by atoms with van der Waals surface area (Å²) < 4.78 is 5.63. The van der Waals surface area contributed by atoms with Crippen molar-refractivity contribution in [2.75, 3.05) is 26.2 Å². The maximum atomic E-state index is 11.4. The number of nitrogens with two attached hydrogens (primary N) is 1. The highest BCUT2D eigenvalue weighted by Gasteiger charge is 2.21. The Morgan fingerprint density at radius 3 is 2.53 bits per heavy atom. The van der Waals surface area contributed by atoms with Crippen molar-refractivity contribution >= 4 is 5.91 Å². The van der Waals surface area contributed by atoms with Crippen molar-refractivity contribution in [1.29, 1.82) is 0 Å². The normalized spacial score (nSPS) is 19.8. The Morgan fingerprint density at radius 1 is 1.42 bits per heavy atom. The van der Waals surface area contributed by atoms with Crippen LogP contribution in [-0.4, -0.2) is 55.2 Å². The Hall–Kier alpha value is -0.650. The predicted octanol–water partition coefficient (Wildman–Crippen LogP) is 0.729. The molecule has 112 valence electrons. The minimum Gasteiger partial charge on any atom is -0.378 e. The number of likely N-dealkylation sites (tertiary alicyclic amines) is 1.